The Hall–Kier alpha value is -1.04. The molecule has 0 saturated carbocycles. The van der Waals surface area contributed by atoms with Gasteiger partial charge in [0.1, 0.15) is 0 Å². The Morgan fingerprint density at radius 2 is 2.18 bits per heavy atom. The van der Waals surface area contributed by atoms with Crippen molar-refractivity contribution < 1.29 is 0 Å². The van der Waals surface area contributed by atoms with Crippen LogP contribution in [-0.2, 0) is 0 Å². The Balaban J connectivity index is 2.71. The molecule has 0 saturated heterocycles. The standard InChI is InChI=1S/C11H14/c1-9(2)8-11-6-4-10(3)5-7-11/h4,6,8H,1,3,5,7H2,2H3/b11-8+. The molecule has 0 aromatic carbocycles. The van der Waals surface area contributed by atoms with E-state index in [-0.39, 0.29) is 0 Å². The molecule has 0 aromatic heterocycles. The molecule has 0 N–H and O–H groups in total. The summed E-state index contributed by atoms with van der Waals surface area (Å²) in [4.78, 5) is 0. The highest BCUT2D eigenvalue weighted by Gasteiger charge is 2.00. The van der Waals surface area contributed by atoms with Crippen LogP contribution in [0.5, 0.6) is 0 Å². The average Bonchev–Trinajstić information content (AvgIpc) is 1.93. The lowest BCUT2D eigenvalue weighted by atomic mass is 9.97. The summed E-state index contributed by atoms with van der Waals surface area (Å²) in [5.41, 5.74) is 3.71. The van der Waals surface area contributed by atoms with Crippen LogP contribution in [-0.4, -0.2) is 0 Å². The normalized spacial score (nSPS) is 20.8. The van der Waals surface area contributed by atoms with Crippen molar-refractivity contribution in [2.75, 3.05) is 0 Å². The summed E-state index contributed by atoms with van der Waals surface area (Å²) in [6, 6.07) is 0. The molecule has 0 radical (unpaired) electrons. The predicted molar refractivity (Wildman–Crippen MR) is 50.4 cm³/mol. The molecule has 0 fully saturated rings. The van der Waals surface area contributed by atoms with Crippen LogP contribution < -0.4 is 0 Å². The van der Waals surface area contributed by atoms with E-state index in [0.29, 0.717) is 0 Å². The molecule has 0 spiro atoms. The maximum Gasteiger partial charge on any atom is -0.0238 e. The third-order valence-corrected chi connectivity index (χ3v) is 1.70. The molecule has 0 atom stereocenters. The molecule has 0 aliphatic heterocycles. The van der Waals surface area contributed by atoms with Crippen molar-refractivity contribution in [2.45, 2.75) is 19.8 Å². The third kappa shape index (κ3) is 2.58. The number of hydrogen-bond donors (Lipinski definition) is 0. The molecule has 0 heteroatoms. The van der Waals surface area contributed by atoms with Gasteiger partial charge >= 0.3 is 0 Å². The van der Waals surface area contributed by atoms with E-state index in [1.165, 1.54) is 11.1 Å². The van der Waals surface area contributed by atoms with Crippen molar-refractivity contribution in [3.8, 4) is 0 Å². The second-order valence-electron chi connectivity index (χ2n) is 3.06. The Labute approximate surface area is 68.6 Å². The minimum Gasteiger partial charge on any atom is -0.0961 e. The monoisotopic (exact) mass is 146 g/mol. The van der Waals surface area contributed by atoms with E-state index in [2.05, 4.69) is 31.4 Å². The van der Waals surface area contributed by atoms with Crippen LogP contribution in [0.1, 0.15) is 19.8 Å². The molecular weight excluding hydrogens is 132 g/mol. The molecule has 1 aliphatic rings. The van der Waals surface area contributed by atoms with E-state index in [9.17, 15) is 0 Å². The van der Waals surface area contributed by atoms with Crippen LogP contribution in [0.2, 0.25) is 0 Å². The van der Waals surface area contributed by atoms with Crippen molar-refractivity contribution >= 4 is 0 Å². The summed E-state index contributed by atoms with van der Waals surface area (Å²) in [5.74, 6) is 0. The van der Waals surface area contributed by atoms with Crippen molar-refractivity contribution in [3.05, 3.63) is 48.1 Å². The van der Waals surface area contributed by atoms with E-state index in [4.69, 9.17) is 0 Å². The first kappa shape index (κ1) is 8.06. The van der Waals surface area contributed by atoms with Crippen molar-refractivity contribution in [3.63, 3.8) is 0 Å². The fourth-order valence-corrected chi connectivity index (χ4v) is 1.13. The lowest BCUT2D eigenvalue weighted by molar-refractivity contribution is 0.949. The summed E-state index contributed by atoms with van der Waals surface area (Å²) in [7, 11) is 0. The second-order valence-corrected chi connectivity index (χ2v) is 3.06. The van der Waals surface area contributed by atoms with E-state index < -0.39 is 0 Å². The van der Waals surface area contributed by atoms with Gasteiger partial charge in [0.25, 0.3) is 0 Å². The number of allylic oxidation sites excluding steroid dienone is 6. The molecule has 1 rings (SSSR count). The predicted octanol–water partition coefficient (Wildman–Crippen LogP) is 3.40. The Morgan fingerprint density at radius 1 is 1.45 bits per heavy atom. The van der Waals surface area contributed by atoms with Gasteiger partial charge in [0, 0.05) is 0 Å². The molecule has 0 heterocycles. The summed E-state index contributed by atoms with van der Waals surface area (Å²) < 4.78 is 0. The maximum absolute atomic E-state index is 3.89. The second kappa shape index (κ2) is 3.38. The highest BCUT2D eigenvalue weighted by Crippen LogP contribution is 2.20. The zero-order chi connectivity index (χ0) is 8.27. The van der Waals surface area contributed by atoms with Gasteiger partial charge in [0.2, 0.25) is 0 Å². The van der Waals surface area contributed by atoms with Crippen LogP contribution >= 0.6 is 0 Å². The van der Waals surface area contributed by atoms with Crippen LogP contribution in [0.15, 0.2) is 48.1 Å². The highest BCUT2D eigenvalue weighted by atomic mass is 14.1. The average molecular weight is 146 g/mol. The van der Waals surface area contributed by atoms with Gasteiger partial charge in [0.15, 0.2) is 0 Å². The lowest BCUT2D eigenvalue weighted by Crippen LogP contribution is -1.89. The Bertz CT molecular complexity index is 239. The van der Waals surface area contributed by atoms with Crippen LogP contribution in [0.3, 0.4) is 0 Å². The van der Waals surface area contributed by atoms with E-state index in [1.807, 2.05) is 6.92 Å². The van der Waals surface area contributed by atoms with Gasteiger partial charge in [-0.05, 0) is 25.3 Å². The quantitative estimate of drug-likeness (QED) is 0.532. The highest BCUT2D eigenvalue weighted by molar-refractivity contribution is 5.35. The van der Waals surface area contributed by atoms with Crippen molar-refractivity contribution in [2.24, 2.45) is 0 Å². The van der Waals surface area contributed by atoms with Crippen molar-refractivity contribution in [1.82, 2.24) is 0 Å². The first-order valence-electron chi connectivity index (χ1n) is 3.90. The summed E-state index contributed by atoms with van der Waals surface area (Å²) >= 11 is 0. The SMILES string of the molecule is C=C(C)/C=C1\C=CC(=C)CC1. The van der Waals surface area contributed by atoms with Gasteiger partial charge in [-0.2, -0.15) is 0 Å². The molecule has 0 aromatic rings. The van der Waals surface area contributed by atoms with Gasteiger partial charge in [-0.25, -0.2) is 0 Å². The first-order chi connectivity index (χ1) is 5.18. The van der Waals surface area contributed by atoms with Gasteiger partial charge in [0.05, 0.1) is 0 Å². The minimum atomic E-state index is 1.09. The molecule has 0 nitrogen and oxygen atoms in total. The zero-order valence-electron chi connectivity index (χ0n) is 7.06. The van der Waals surface area contributed by atoms with Gasteiger partial charge in [-0.15, -0.1) is 0 Å². The van der Waals surface area contributed by atoms with E-state index >= 15 is 0 Å². The largest absolute Gasteiger partial charge is 0.0961 e. The molecule has 58 valence electrons. The smallest absolute Gasteiger partial charge is 0.0238 e. The Kier molecular flexibility index (Phi) is 2.48. The summed E-state index contributed by atoms with van der Waals surface area (Å²) in [6.45, 7) is 9.74. The third-order valence-electron chi connectivity index (χ3n) is 1.70. The van der Waals surface area contributed by atoms with Crippen LogP contribution in [0.25, 0.3) is 0 Å². The molecule has 0 amide bonds. The van der Waals surface area contributed by atoms with E-state index in [0.717, 1.165) is 18.4 Å². The zero-order valence-corrected chi connectivity index (χ0v) is 7.06. The van der Waals surface area contributed by atoms with E-state index in [1.54, 1.807) is 0 Å². The van der Waals surface area contributed by atoms with Gasteiger partial charge in [-0.1, -0.05) is 42.5 Å². The molecular formula is C11H14. The van der Waals surface area contributed by atoms with Crippen molar-refractivity contribution in [1.29, 1.82) is 0 Å². The van der Waals surface area contributed by atoms with Gasteiger partial charge < -0.3 is 0 Å². The lowest BCUT2D eigenvalue weighted by Gasteiger charge is -2.08. The topological polar surface area (TPSA) is 0 Å². The van der Waals surface area contributed by atoms with Crippen LogP contribution in [0, 0.1) is 0 Å². The molecule has 11 heavy (non-hydrogen) atoms. The fraction of sp³-hybridized carbons (Fsp3) is 0.273. The first-order valence-corrected chi connectivity index (χ1v) is 3.90. The molecule has 0 unspecified atom stereocenters. The minimum absolute atomic E-state index is 1.09. The van der Waals surface area contributed by atoms with Gasteiger partial charge in [-0.3, -0.25) is 0 Å². The van der Waals surface area contributed by atoms with Crippen LogP contribution in [0.4, 0.5) is 0 Å². The number of hydrogen-bond acceptors (Lipinski definition) is 0. The summed E-state index contributed by atoms with van der Waals surface area (Å²) in [5, 5.41) is 0. The molecule has 0 bridgehead atoms. The number of rotatable bonds is 1. The maximum atomic E-state index is 3.89. The Morgan fingerprint density at radius 3 is 2.64 bits per heavy atom. The summed E-state index contributed by atoms with van der Waals surface area (Å²) in [6.07, 6.45) is 8.54. The fourth-order valence-electron chi connectivity index (χ4n) is 1.13. The molecule has 1 aliphatic carbocycles.